The van der Waals surface area contributed by atoms with Gasteiger partial charge in [-0.05, 0) is 33.0 Å². The van der Waals surface area contributed by atoms with E-state index in [1.54, 1.807) is 0 Å². The first-order valence-electron chi connectivity index (χ1n) is 7.42. The molecule has 0 saturated carbocycles. The number of hydrogen-bond acceptors (Lipinski definition) is 3. The third-order valence-electron chi connectivity index (χ3n) is 4.07. The first-order valence-corrected chi connectivity index (χ1v) is 7.42. The van der Waals surface area contributed by atoms with E-state index in [0.717, 1.165) is 38.4 Å². The van der Waals surface area contributed by atoms with Crippen LogP contribution in [0.25, 0.3) is 0 Å². The Hall–Kier alpha value is -1.55. The van der Waals surface area contributed by atoms with Crippen LogP contribution in [0.2, 0.25) is 0 Å². The molecule has 0 aliphatic carbocycles. The minimum Gasteiger partial charge on any atom is -0.360 e. The molecule has 0 spiro atoms. The summed E-state index contributed by atoms with van der Waals surface area (Å²) in [7, 11) is 2.10. The van der Waals surface area contributed by atoms with E-state index in [1.165, 1.54) is 0 Å². The average Bonchev–Trinajstić information content (AvgIpc) is 2.49. The fraction of sp³-hybridized carbons (Fsp3) is 0.562. The fourth-order valence-corrected chi connectivity index (χ4v) is 2.72. The van der Waals surface area contributed by atoms with E-state index in [9.17, 15) is 4.79 Å². The molecule has 4 nitrogen and oxygen atoms in total. The molecule has 0 N–H and O–H groups in total. The van der Waals surface area contributed by atoms with E-state index in [2.05, 4.69) is 35.9 Å². The Bertz CT molecular complexity index is 427. The van der Waals surface area contributed by atoms with E-state index in [1.807, 2.05) is 30.0 Å². The smallest absolute Gasteiger partial charge is 0.245 e. The maximum Gasteiger partial charge on any atom is 0.245 e. The predicted molar refractivity (Wildman–Crippen MR) is 83.0 cm³/mol. The Kier molecular flexibility index (Phi) is 5.01. The number of para-hydroxylation sites is 1. The second-order valence-electron chi connectivity index (χ2n) is 5.43. The van der Waals surface area contributed by atoms with Crippen LogP contribution in [0.5, 0.6) is 0 Å². The largest absolute Gasteiger partial charge is 0.360 e. The third-order valence-corrected chi connectivity index (χ3v) is 4.07. The molecule has 0 radical (unpaired) electrons. The van der Waals surface area contributed by atoms with Crippen molar-refractivity contribution in [1.29, 1.82) is 0 Å². The molecule has 1 amide bonds. The predicted octanol–water partition coefficient (Wildman–Crippen LogP) is 1.68. The number of anilines is 1. The summed E-state index contributed by atoms with van der Waals surface area (Å²) < 4.78 is 0. The number of piperazine rings is 1. The number of nitrogens with zero attached hydrogens (tertiary/aromatic N) is 3. The van der Waals surface area contributed by atoms with Crippen LogP contribution in [-0.4, -0.2) is 61.5 Å². The molecular formula is C16H25N3O. The van der Waals surface area contributed by atoms with Gasteiger partial charge in [-0.3, -0.25) is 4.79 Å². The van der Waals surface area contributed by atoms with E-state index < -0.39 is 0 Å². The molecule has 1 heterocycles. The van der Waals surface area contributed by atoms with Crippen molar-refractivity contribution in [3.8, 4) is 0 Å². The highest BCUT2D eigenvalue weighted by atomic mass is 16.2. The van der Waals surface area contributed by atoms with E-state index in [0.29, 0.717) is 0 Å². The lowest BCUT2D eigenvalue weighted by Gasteiger charge is -2.37. The Morgan fingerprint density at radius 1 is 1.20 bits per heavy atom. The van der Waals surface area contributed by atoms with Gasteiger partial charge >= 0.3 is 0 Å². The van der Waals surface area contributed by atoms with Gasteiger partial charge in [-0.1, -0.05) is 18.2 Å². The summed E-state index contributed by atoms with van der Waals surface area (Å²) in [4.78, 5) is 19.1. The summed E-state index contributed by atoms with van der Waals surface area (Å²) in [6.45, 7) is 8.56. The topological polar surface area (TPSA) is 26.8 Å². The monoisotopic (exact) mass is 275 g/mol. The zero-order chi connectivity index (χ0) is 14.5. The van der Waals surface area contributed by atoms with Gasteiger partial charge in [-0.25, -0.2) is 0 Å². The maximum atomic E-state index is 12.6. The van der Waals surface area contributed by atoms with Gasteiger partial charge < -0.3 is 14.7 Å². The van der Waals surface area contributed by atoms with Crippen molar-refractivity contribution in [2.45, 2.75) is 19.9 Å². The highest BCUT2D eigenvalue weighted by molar-refractivity contribution is 5.85. The molecular weight excluding hydrogens is 250 g/mol. The first-order chi connectivity index (χ1) is 9.63. The van der Waals surface area contributed by atoms with Crippen LogP contribution in [-0.2, 0) is 4.79 Å². The molecule has 1 aromatic carbocycles. The molecule has 1 aliphatic rings. The van der Waals surface area contributed by atoms with Crippen molar-refractivity contribution in [2.75, 3.05) is 44.7 Å². The molecule has 1 aromatic rings. The van der Waals surface area contributed by atoms with Gasteiger partial charge in [-0.2, -0.15) is 0 Å². The van der Waals surface area contributed by atoms with E-state index in [4.69, 9.17) is 0 Å². The van der Waals surface area contributed by atoms with Crippen LogP contribution in [0, 0.1) is 0 Å². The lowest BCUT2D eigenvalue weighted by molar-refractivity contribution is -0.133. The van der Waals surface area contributed by atoms with Crippen molar-refractivity contribution < 1.29 is 4.79 Å². The van der Waals surface area contributed by atoms with Crippen molar-refractivity contribution >= 4 is 11.6 Å². The van der Waals surface area contributed by atoms with Crippen LogP contribution in [0.4, 0.5) is 5.69 Å². The van der Waals surface area contributed by atoms with Crippen molar-refractivity contribution in [1.82, 2.24) is 9.80 Å². The highest BCUT2D eigenvalue weighted by Gasteiger charge is 2.27. The molecule has 2 rings (SSSR count). The quantitative estimate of drug-likeness (QED) is 0.836. The van der Waals surface area contributed by atoms with Crippen molar-refractivity contribution in [3.05, 3.63) is 30.3 Å². The third kappa shape index (κ3) is 3.31. The van der Waals surface area contributed by atoms with Crippen LogP contribution in [0.3, 0.4) is 0 Å². The second-order valence-corrected chi connectivity index (χ2v) is 5.43. The molecule has 1 saturated heterocycles. The van der Waals surface area contributed by atoms with Crippen LogP contribution < -0.4 is 4.90 Å². The van der Waals surface area contributed by atoms with Gasteiger partial charge in [0.05, 0.1) is 0 Å². The molecule has 1 fully saturated rings. The molecule has 0 unspecified atom stereocenters. The average molecular weight is 275 g/mol. The molecule has 0 bridgehead atoms. The van der Waals surface area contributed by atoms with Crippen LogP contribution >= 0.6 is 0 Å². The lowest BCUT2D eigenvalue weighted by Crippen LogP contribution is -2.53. The van der Waals surface area contributed by atoms with Gasteiger partial charge in [0, 0.05) is 38.4 Å². The normalized spacial score (nSPS) is 17.9. The molecule has 110 valence electrons. The number of hydrogen-bond donors (Lipinski definition) is 0. The van der Waals surface area contributed by atoms with E-state index in [-0.39, 0.29) is 11.9 Å². The summed E-state index contributed by atoms with van der Waals surface area (Å²) in [5.74, 6) is 0.240. The minimum atomic E-state index is -0.106. The van der Waals surface area contributed by atoms with Crippen molar-refractivity contribution in [2.24, 2.45) is 0 Å². The van der Waals surface area contributed by atoms with Crippen LogP contribution in [0.1, 0.15) is 13.8 Å². The summed E-state index contributed by atoms with van der Waals surface area (Å²) in [6.07, 6.45) is 0. The number of likely N-dealkylation sites (N-methyl/N-ethyl adjacent to an activating group) is 2. The van der Waals surface area contributed by atoms with Crippen LogP contribution in [0.15, 0.2) is 30.3 Å². The minimum absolute atomic E-state index is 0.106. The molecule has 0 aromatic heterocycles. The summed E-state index contributed by atoms with van der Waals surface area (Å²) >= 11 is 0. The fourth-order valence-electron chi connectivity index (χ4n) is 2.72. The van der Waals surface area contributed by atoms with Crippen molar-refractivity contribution in [3.63, 3.8) is 0 Å². The zero-order valence-electron chi connectivity index (χ0n) is 12.7. The zero-order valence-corrected chi connectivity index (χ0v) is 12.7. The number of carbonyl (C=O) groups is 1. The van der Waals surface area contributed by atoms with Gasteiger partial charge in [-0.15, -0.1) is 0 Å². The Morgan fingerprint density at radius 3 is 2.35 bits per heavy atom. The summed E-state index contributed by atoms with van der Waals surface area (Å²) in [5.41, 5.74) is 1.12. The Labute approximate surface area is 122 Å². The lowest BCUT2D eigenvalue weighted by atomic mass is 10.2. The molecule has 4 heteroatoms. The summed E-state index contributed by atoms with van der Waals surface area (Å²) in [5, 5.41) is 0. The molecule has 1 aliphatic heterocycles. The highest BCUT2D eigenvalue weighted by Crippen LogP contribution is 2.17. The van der Waals surface area contributed by atoms with Gasteiger partial charge in [0.15, 0.2) is 0 Å². The van der Waals surface area contributed by atoms with Gasteiger partial charge in [0.1, 0.15) is 6.04 Å². The maximum absolute atomic E-state index is 12.6. The van der Waals surface area contributed by atoms with Gasteiger partial charge in [0.2, 0.25) is 5.91 Å². The standard InChI is InChI=1S/C16H25N3O/c1-4-19(15-8-6-5-7-9-15)14(2)16(20)18-12-10-17(3)11-13-18/h5-9,14H,4,10-13H2,1-3H3/t14-/m0/s1. The number of benzene rings is 1. The number of rotatable bonds is 4. The number of amides is 1. The first kappa shape index (κ1) is 14.9. The molecule has 1 atom stereocenters. The number of carbonyl (C=O) groups excluding carboxylic acids is 1. The van der Waals surface area contributed by atoms with Gasteiger partial charge in [0.25, 0.3) is 0 Å². The SMILES string of the molecule is CCN(c1ccccc1)[C@@H](C)C(=O)N1CCN(C)CC1. The Morgan fingerprint density at radius 2 is 1.80 bits per heavy atom. The second kappa shape index (κ2) is 6.75. The summed E-state index contributed by atoms with van der Waals surface area (Å²) in [6, 6.07) is 10.1. The van der Waals surface area contributed by atoms with E-state index >= 15 is 0 Å². The Balaban J connectivity index is 2.05. The molecule has 20 heavy (non-hydrogen) atoms.